The average molecular weight is 366 g/mol. The van der Waals surface area contributed by atoms with Gasteiger partial charge in [-0.2, -0.15) is 0 Å². The minimum absolute atomic E-state index is 0.0625. The quantitative estimate of drug-likeness (QED) is 0.779. The number of benzene rings is 2. The van der Waals surface area contributed by atoms with Crippen LogP contribution in [0.4, 0.5) is 0 Å². The number of carbonyl (C=O) groups excluding carboxylic acids is 2. The van der Waals surface area contributed by atoms with E-state index < -0.39 is 0 Å². The van der Waals surface area contributed by atoms with E-state index in [1.165, 1.54) is 7.11 Å². The fourth-order valence-electron chi connectivity index (χ4n) is 3.52. The van der Waals surface area contributed by atoms with Gasteiger partial charge in [0.25, 0.3) is 5.91 Å². The molecular formula is C22H26N2O3. The van der Waals surface area contributed by atoms with E-state index in [1.54, 1.807) is 12.1 Å². The number of esters is 1. The van der Waals surface area contributed by atoms with Crippen molar-refractivity contribution >= 4 is 11.9 Å². The molecule has 0 radical (unpaired) electrons. The first-order chi connectivity index (χ1) is 13.0. The van der Waals surface area contributed by atoms with Crippen LogP contribution in [-0.4, -0.2) is 62.0 Å². The molecule has 0 unspecified atom stereocenters. The number of methoxy groups -OCH3 is 1. The fraction of sp³-hybridized carbons (Fsp3) is 0.364. The Bertz CT molecular complexity index is 832. The first-order valence-corrected chi connectivity index (χ1v) is 9.24. The van der Waals surface area contributed by atoms with E-state index in [0.717, 1.165) is 37.1 Å². The van der Waals surface area contributed by atoms with E-state index in [9.17, 15) is 9.59 Å². The van der Waals surface area contributed by atoms with Crippen molar-refractivity contribution in [1.82, 2.24) is 9.80 Å². The zero-order valence-electron chi connectivity index (χ0n) is 16.1. The van der Waals surface area contributed by atoms with E-state index in [1.807, 2.05) is 41.3 Å². The lowest BCUT2D eigenvalue weighted by molar-refractivity contribution is 0.0599. The highest BCUT2D eigenvalue weighted by Gasteiger charge is 2.25. The zero-order chi connectivity index (χ0) is 19.4. The number of piperidine rings is 1. The number of hydrogen-bond donors (Lipinski definition) is 0. The molecule has 0 spiro atoms. The first kappa shape index (κ1) is 19.1. The van der Waals surface area contributed by atoms with Gasteiger partial charge in [-0.15, -0.1) is 0 Å². The van der Waals surface area contributed by atoms with Crippen molar-refractivity contribution in [3.8, 4) is 11.1 Å². The third-order valence-corrected chi connectivity index (χ3v) is 5.14. The first-order valence-electron chi connectivity index (χ1n) is 9.24. The molecule has 1 fully saturated rings. The zero-order valence-corrected chi connectivity index (χ0v) is 16.1. The Hall–Kier alpha value is -2.66. The maximum Gasteiger partial charge on any atom is 0.337 e. The fourth-order valence-corrected chi connectivity index (χ4v) is 3.52. The molecule has 0 aliphatic carbocycles. The molecule has 2 aromatic carbocycles. The molecule has 2 aromatic rings. The van der Waals surface area contributed by atoms with Gasteiger partial charge in [0.1, 0.15) is 0 Å². The molecule has 142 valence electrons. The lowest BCUT2D eigenvalue weighted by atomic mass is 9.99. The Balaban J connectivity index is 1.83. The Kier molecular flexibility index (Phi) is 5.91. The van der Waals surface area contributed by atoms with Crippen LogP contribution in [0.2, 0.25) is 0 Å². The predicted molar refractivity (Wildman–Crippen MR) is 106 cm³/mol. The smallest absolute Gasteiger partial charge is 0.337 e. The van der Waals surface area contributed by atoms with Crippen LogP contribution in [0.5, 0.6) is 0 Å². The molecule has 27 heavy (non-hydrogen) atoms. The summed E-state index contributed by atoms with van der Waals surface area (Å²) in [5.74, 6) is -0.306. The van der Waals surface area contributed by atoms with Gasteiger partial charge in [0.15, 0.2) is 0 Å². The van der Waals surface area contributed by atoms with E-state index in [4.69, 9.17) is 4.74 Å². The predicted octanol–water partition coefficient (Wildman–Crippen LogP) is 3.31. The molecule has 1 heterocycles. The molecule has 0 saturated carbocycles. The molecule has 1 aliphatic rings. The highest BCUT2D eigenvalue weighted by molar-refractivity contribution is 5.96. The summed E-state index contributed by atoms with van der Waals surface area (Å²) in [7, 11) is 5.50. The second-order valence-corrected chi connectivity index (χ2v) is 7.16. The number of ether oxygens (including phenoxy) is 1. The maximum atomic E-state index is 13.0. The Morgan fingerprint density at radius 3 is 2.30 bits per heavy atom. The molecule has 1 saturated heterocycles. The standard InChI is InChI=1S/C22H26N2O3/c1-23(2)20-11-6-12-24(15-20)21(25)18-9-4-7-16(13-18)17-8-5-10-19(14-17)22(26)27-3/h4-5,7-10,13-14,20H,6,11-12,15H2,1-3H3/t20-/m0/s1. The summed E-state index contributed by atoms with van der Waals surface area (Å²) >= 11 is 0. The van der Waals surface area contributed by atoms with Crippen LogP contribution in [0.15, 0.2) is 48.5 Å². The number of likely N-dealkylation sites (N-methyl/N-ethyl adjacent to an activating group) is 1. The van der Waals surface area contributed by atoms with E-state index in [0.29, 0.717) is 17.2 Å². The van der Waals surface area contributed by atoms with Gasteiger partial charge in [0.2, 0.25) is 0 Å². The SMILES string of the molecule is COC(=O)c1cccc(-c2cccc(C(=O)N3CCC[C@H](N(C)C)C3)c2)c1. The van der Waals surface area contributed by atoms with Crippen molar-refractivity contribution in [3.63, 3.8) is 0 Å². The van der Waals surface area contributed by atoms with Gasteiger partial charge in [-0.1, -0.05) is 24.3 Å². The second-order valence-electron chi connectivity index (χ2n) is 7.16. The van der Waals surface area contributed by atoms with Gasteiger partial charge in [-0.05, 0) is 62.3 Å². The van der Waals surface area contributed by atoms with Crippen LogP contribution in [0.25, 0.3) is 11.1 Å². The second kappa shape index (κ2) is 8.35. The molecule has 0 aromatic heterocycles. The van der Waals surface area contributed by atoms with Crippen molar-refractivity contribution in [2.45, 2.75) is 18.9 Å². The Morgan fingerprint density at radius 1 is 1.04 bits per heavy atom. The Morgan fingerprint density at radius 2 is 1.67 bits per heavy atom. The third-order valence-electron chi connectivity index (χ3n) is 5.14. The van der Waals surface area contributed by atoms with Crippen LogP contribution >= 0.6 is 0 Å². The van der Waals surface area contributed by atoms with Gasteiger partial charge >= 0.3 is 5.97 Å². The summed E-state index contributed by atoms with van der Waals surface area (Å²) in [6.45, 7) is 1.55. The van der Waals surface area contributed by atoms with Crippen molar-refractivity contribution < 1.29 is 14.3 Å². The number of hydrogen-bond acceptors (Lipinski definition) is 4. The third kappa shape index (κ3) is 4.37. The van der Waals surface area contributed by atoms with Crippen LogP contribution < -0.4 is 0 Å². The number of likely N-dealkylation sites (tertiary alicyclic amines) is 1. The summed E-state index contributed by atoms with van der Waals surface area (Å²) in [5, 5.41) is 0. The number of carbonyl (C=O) groups is 2. The van der Waals surface area contributed by atoms with Gasteiger partial charge < -0.3 is 14.5 Å². The molecule has 3 rings (SSSR count). The lowest BCUT2D eigenvalue weighted by Gasteiger charge is -2.36. The maximum absolute atomic E-state index is 13.0. The number of rotatable bonds is 4. The van der Waals surface area contributed by atoms with Gasteiger partial charge in [-0.3, -0.25) is 4.79 Å². The van der Waals surface area contributed by atoms with Crippen LogP contribution in [-0.2, 0) is 4.74 Å². The van der Waals surface area contributed by atoms with Crippen molar-refractivity contribution in [3.05, 3.63) is 59.7 Å². The molecule has 1 amide bonds. The Labute approximate surface area is 160 Å². The molecular weight excluding hydrogens is 340 g/mol. The van der Waals surface area contributed by atoms with Gasteiger partial charge in [0, 0.05) is 24.7 Å². The van der Waals surface area contributed by atoms with E-state index >= 15 is 0 Å². The lowest BCUT2D eigenvalue weighted by Crippen LogP contribution is -2.47. The highest BCUT2D eigenvalue weighted by Crippen LogP contribution is 2.24. The topological polar surface area (TPSA) is 49.9 Å². The average Bonchev–Trinajstić information content (AvgIpc) is 2.72. The molecule has 1 aliphatic heterocycles. The van der Waals surface area contributed by atoms with Crippen LogP contribution in [0.1, 0.15) is 33.6 Å². The van der Waals surface area contributed by atoms with Crippen molar-refractivity contribution in [2.75, 3.05) is 34.3 Å². The summed E-state index contributed by atoms with van der Waals surface area (Å²) in [6.07, 6.45) is 2.15. The molecule has 5 nitrogen and oxygen atoms in total. The largest absolute Gasteiger partial charge is 0.465 e. The van der Waals surface area contributed by atoms with Crippen molar-refractivity contribution in [2.24, 2.45) is 0 Å². The van der Waals surface area contributed by atoms with Gasteiger partial charge in [-0.25, -0.2) is 4.79 Å². The monoisotopic (exact) mass is 366 g/mol. The normalized spacial score (nSPS) is 17.0. The molecule has 0 N–H and O–H groups in total. The van der Waals surface area contributed by atoms with Crippen LogP contribution in [0.3, 0.4) is 0 Å². The van der Waals surface area contributed by atoms with E-state index in [2.05, 4.69) is 19.0 Å². The molecule has 5 heteroatoms. The molecule has 0 bridgehead atoms. The molecule has 1 atom stereocenters. The summed E-state index contributed by atoms with van der Waals surface area (Å²) in [5.41, 5.74) is 2.97. The van der Waals surface area contributed by atoms with Crippen LogP contribution in [0, 0.1) is 0 Å². The highest BCUT2D eigenvalue weighted by atomic mass is 16.5. The van der Waals surface area contributed by atoms with Gasteiger partial charge in [0.05, 0.1) is 12.7 Å². The van der Waals surface area contributed by atoms with Crippen molar-refractivity contribution in [1.29, 1.82) is 0 Å². The summed E-state index contributed by atoms with van der Waals surface area (Å²) in [4.78, 5) is 28.9. The van der Waals surface area contributed by atoms with E-state index in [-0.39, 0.29) is 11.9 Å². The minimum Gasteiger partial charge on any atom is -0.465 e. The number of nitrogens with zero attached hydrogens (tertiary/aromatic N) is 2. The minimum atomic E-state index is -0.368. The summed E-state index contributed by atoms with van der Waals surface area (Å²) in [6, 6.07) is 15.3. The number of amides is 1. The summed E-state index contributed by atoms with van der Waals surface area (Å²) < 4.78 is 4.79.